The molecule has 0 radical (unpaired) electrons. The van der Waals surface area contributed by atoms with Crippen molar-refractivity contribution < 1.29 is 19.1 Å². The van der Waals surface area contributed by atoms with E-state index in [2.05, 4.69) is 15.5 Å². The maximum Gasteiger partial charge on any atom is 0.410 e. The third-order valence-electron chi connectivity index (χ3n) is 5.58. The summed E-state index contributed by atoms with van der Waals surface area (Å²) in [6.07, 6.45) is 0.362. The maximum absolute atomic E-state index is 12.5. The van der Waals surface area contributed by atoms with Crippen molar-refractivity contribution in [3.63, 3.8) is 0 Å². The van der Waals surface area contributed by atoms with Gasteiger partial charge < -0.3 is 24.6 Å². The summed E-state index contributed by atoms with van der Waals surface area (Å²) in [7, 11) is 0. The largest absolute Gasteiger partial charge is 0.489 e. The first-order valence-corrected chi connectivity index (χ1v) is 11.3. The molecule has 3 heterocycles. The zero-order chi connectivity index (χ0) is 23.6. The predicted octanol–water partition coefficient (Wildman–Crippen LogP) is 3.25. The lowest BCUT2D eigenvalue weighted by Gasteiger charge is -2.38. The van der Waals surface area contributed by atoms with Gasteiger partial charge in [-0.3, -0.25) is 4.79 Å². The Labute approximate surface area is 194 Å². The van der Waals surface area contributed by atoms with E-state index in [0.29, 0.717) is 31.9 Å². The number of carbonyl (C=O) groups excluding carboxylic acids is 2. The summed E-state index contributed by atoms with van der Waals surface area (Å²) in [6.45, 7) is 9.82. The average Bonchev–Trinajstić information content (AvgIpc) is 3.17. The number of amides is 2. The summed E-state index contributed by atoms with van der Waals surface area (Å²) in [4.78, 5) is 28.5. The van der Waals surface area contributed by atoms with Crippen LogP contribution in [0, 0.1) is 12.8 Å². The summed E-state index contributed by atoms with van der Waals surface area (Å²) in [5.74, 6) is 1.41. The Bertz CT molecular complexity index is 981. The molecule has 33 heavy (non-hydrogen) atoms. The Morgan fingerprint density at radius 3 is 2.39 bits per heavy atom. The highest BCUT2D eigenvalue weighted by Gasteiger charge is 2.34. The monoisotopic (exact) mass is 453 g/mol. The molecule has 2 aliphatic rings. The van der Waals surface area contributed by atoms with Gasteiger partial charge in [-0.1, -0.05) is 0 Å². The molecule has 9 heteroatoms. The van der Waals surface area contributed by atoms with Crippen LogP contribution in [-0.4, -0.2) is 65.0 Å². The number of nitrogens with zero attached hydrogens (tertiary/aromatic N) is 4. The molecule has 0 saturated carbocycles. The third kappa shape index (κ3) is 5.91. The van der Waals surface area contributed by atoms with Gasteiger partial charge in [0, 0.05) is 31.7 Å². The van der Waals surface area contributed by atoms with Gasteiger partial charge in [0.15, 0.2) is 5.82 Å². The summed E-state index contributed by atoms with van der Waals surface area (Å²) < 4.78 is 11.4. The first-order chi connectivity index (χ1) is 15.7. The van der Waals surface area contributed by atoms with Crippen LogP contribution in [0.3, 0.4) is 0 Å². The number of ether oxygens (including phenoxy) is 2. The highest BCUT2D eigenvalue weighted by atomic mass is 16.6. The van der Waals surface area contributed by atoms with Gasteiger partial charge in [0.05, 0.1) is 18.2 Å². The topological polar surface area (TPSA) is 96.9 Å². The number of hydrogen-bond acceptors (Lipinski definition) is 7. The molecule has 2 fully saturated rings. The number of rotatable bonds is 5. The minimum Gasteiger partial charge on any atom is -0.489 e. The second kappa shape index (κ2) is 9.25. The Balaban J connectivity index is 1.22. The molecule has 9 nitrogen and oxygen atoms in total. The number of aryl methyl sites for hydroxylation is 1. The van der Waals surface area contributed by atoms with E-state index >= 15 is 0 Å². The van der Waals surface area contributed by atoms with Crippen molar-refractivity contribution in [3.05, 3.63) is 42.1 Å². The molecular weight excluding hydrogens is 422 g/mol. The van der Waals surface area contributed by atoms with E-state index in [9.17, 15) is 9.59 Å². The predicted molar refractivity (Wildman–Crippen MR) is 124 cm³/mol. The summed E-state index contributed by atoms with van der Waals surface area (Å²) in [5.41, 5.74) is 1.08. The Hall–Kier alpha value is -3.36. The first kappa shape index (κ1) is 22.8. The van der Waals surface area contributed by atoms with Gasteiger partial charge in [-0.2, -0.15) is 5.10 Å². The van der Waals surface area contributed by atoms with Crippen LogP contribution in [0.5, 0.6) is 5.75 Å². The molecule has 1 unspecified atom stereocenters. The molecule has 0 aliphatic carbocycles. The van der Waals surface area contributed by atoms with E-state index in [1.54, 1.807) is 4.90 Å². The highest BCUT2D eigenvalue weighted by molar-refractivity contribution is 5.94. The van der Waals surface area contributed by atoms with Crippen LogP contribution < -0.4 is 15.0 Å². The number of carbonyl (C=O) groups is 2. The lowest BCUT2D eigenvalue weighted by molar-refractivity contribution is -0.120. The molecule has 4 rings (SSSR count). The Kier molecular flexibility index (Phi) is 6.40. The molecule has 2 aromatic rings. The van der Waals surface area contributed by atoms with E-state index in [4.69, 9.17) is 9.47 Å². The molecule has 1 aromatic heterocycles. The number of likely N-dealkylation sites (tertiary alicyclic amines) is 1. The normalized spacial score (nSPS) is 18.6. The van der Waals surface area contributed by atoms with Crippen molar-refractivity contribution in [2.24, 2.45) is 5.92 Å². The minimum absolute atomic E-state index is 0.0104. The summed E-state index contributed by atoms with van der Waals surface area (Å²) in [6, 6.07) is 11.2. The van der Waals surface area contributed by atoms with Crippen LogP contribution in [0.2, 0.25) is 0 Å². The number of nitrogens with one attached hydrogen (secondary N) is 1. The molecule has 2 amide bonds. The van der Waals surface area contributed by atoms with Gasteiger partial charge in [-0.05, 0) is 64.1 Å². The van der Waals surface area contributed by atoms with E-state index < -0.39 is 5.60 Å². The van der Waals surface area contributed by atoms with Crippen LogP contribution in [0.25, 0.3) is 0 Å². The fraction of sp³-hybridized carbons (Fsp3) is 0.500. The summed E-state index contributed by atoms with van der Waals surface area (Å²) >= 11 is 0. The van der Waals surface area contributed by atoms with Crippen LogP contribution in [0.15, 0.2) is 36.4 Å². The maximum atomic E-state index is 12.5. The molecule has 1 aromatic carbocycles. The first-order valence-electron chi connectivity index (χ1n) is 11.3. The molecule has 176 valence electrons. The van der Waals surface area contributed by atoms with Gasteiger partial charge >= 0.3 is 6.09 Å². The second-order valence-corrected chi connectivity index (χ2v) is 9.60. The van der Waals surface area contributed by atoms with Crippen molar-refractivity contribution in [1.82, 2.24) is 15.1 Å². The average molecular weight is 454 g/mol. The fourth-order valence-corrected chi connectivity index (χ4v) is 3.76. The number of anilines is 2. The Morgan fingerprint density at radius 2 is 1.76 bits per heavy atom. The van der Waals surface area contributed by atoms with Gasteiger partial charge in [-0.25, -0.2) is 4.79 Å². The van der Waals surface area contributed by atoms with Gasteiger partial charge in [-0.15, -0.1) is 5.10 Å². The van der Waals surface area contributed by atoms with Crippen LogP contribution >= 0.6 is 0 Å². The van der Waals surface area contributed by atoms with Crippen molar-refractivity contribution >= 4 is 23.5 Å². The van der Waals surface area contributed by atoms with Gasteiger partial charge in [0.2, 0.25) is 5.91 Å². The fourth-order valence-electron chi connectivity index (χ4n) is 3.76. The number of hydrogen-bond donors (Lipinski definition) is 1. The Morgan fingerprint density at radius 1 is 1.03 bits per heavy atom. The molecule has 2 aliphatic heterocycles. The van der Waals surface area contributed by atoms with E-state index in [1.165, 1.54) is 0 Å². The zero-order valence-corrected chi connectivity index (χ0v) is 19.6. The van der Waals surface area contributed by atoms with Crippen molar-refractivity contribution in [2.45, 2.75) is 45.8 Å². The highest BCUT2D eigenvalue weighted by Crippen LogP contribution is 2.25. The SMILES string of the molecule is Cc1ccc(N2CC(C(=O)Nc3ccc(OC4CCN(C(=O)OC(C)(C)C)C4)cc3)C2)nn1. The molecule has 1 N–H and O–H groups in total. The van der Waals surface area contributed by atoms with Crippen LogP contribution in [0.1, 0.15) is 32.9 Å². The third-order valence-corrected chi connectivity index (χ3v) is 5.58. The molecule has 0 bridgehead atoms. The molecular formula is C24H31N5O4. The number of benzene rings is 1. The van der Waals surface area contributed by atoms with Gasteiger partial charge in [0.25, 0.3) is 0 Å². The molecule has 0 spiro atoms. The summed E-state index contributed by atoms with van der Waals surface area (Å²) in [5, 5.41) is 11.2. The van der Waals surface area contributed by atoms with E-state index in [1.807, 2.05) is 69.0 Å². The lowest BCUT2D eigenvalue weighted by Crippen LogP contribution is -2.52. The van der Waals surface area contributed by atoms with Gasteiger partial charge in [0.1, 0.15) is 17.5 Å². The minimum atomic E-state index is -0.511. The number of aromatic nitrogens is 2. The lowest BCUT2D eigenvalue weighted by atomic mass is 9.99. The zero-order valence-electron chi connectivity index (χ0n) is 19.6. The van der Waals surface area contributed by atoms with E-state index in [0.717, 1.165) is 23.6 Å². The van der Waals surface area contributed by atoms with Crippen molar-refractivity contribution in [2.75, 3.05) is 36.4 Å². The standard InChI is InChI=1S/C24H31N5O4/c1-16-5-10-21(27-26-16)29-13-17(14-29)22(30)25-18-6-8-19(9-7-18)32-20-11-12-28(15-20)23(31)33-24(2,3)4/h5-10,17,20H,11-15H2,1-4H3,(H,25,30). The van der Waals surface area contributed by atoms with Crippen molar-refractivity contribution in [1.29, 1.82) is 0 Å². The quantitative estimate of drug-likeness (QED) is 0.742. The van der Waals surface area contributed by atoms with E-state index in [-0.39, 0.29) is 24.0 Å². The van der Waals surface area contributed by atoms with Crippen LogP contribution in [0.4, 0.5) is 16.3 Å². The molecule has 1 atom stereocenters. The molecule has 2 saturated heterocycles. The smallest absolute Gasteiger partial charge is 0.410 e. The second-order valence-electron chi connectivity index (χ2n) is 9.60. The van der Waals surface area contributed by atoms with Crippen LogP contribution in [-0.2, 0) is 9.53 Å². The van der Waals surface area contributed by atoms with Crippen molar-refractivity contribution in [3.8, 4) is 5.75 Å².